The molecule has 1 aromatic rings. The van der Waals surface area contributed by atoms with Crippen LogP contribution in [0.4, 0.5) is 10.6 Å². The average molecular weight is 207 g/mol. The summed E-state index contributed by atoms with van der Waals surface area (Å²) >= 11 is 0. The minimum absolute atomic E-state index is 0.112. The zero-order valence-corrected chi connectivity index (χ0v) is 8.24. The van der Waals surface area contributed by atoms with E-state index in [-0.39, 0.29) is 11.7 Å². The highest BCUT2D eigenvalue weighted by molar-refractivity contribution is 5.81. The van der Waals surface area contributed by atoms with Crippen molar-refractivity contribution in [3.8, 4) is 11.9 Å². The Hall–Kier alpha value is -2.29. The number of nitrogens with zero attached hydrogens (tertiary/aromatic N) is 2. The number of amides is 1. The Morgan fingerprint density at radius 2 is 2.40 bits per heavy atom. The monoisotopic (exact) mass is 207 g/mol. The lowest BCUT2D eigenvalue weighted by atomic mass is 10.1. The van der Waals surface area contributed by atoms with Crippen molar-refractivity contribution in [1.82, 2.24) is 4.98 Å². The third-order valence-electron chi connectivity index (χ3n) is 1.72. The lowest BCUT2D eigenvalue weighted by Gasteiger charge is -2.07. The number of carboxylic acid groups (broad SMARTS) is 1. The summed E-state index contributed by atoms with van der Waals surface area (Å²) in [4.78, 5) is 14.2. The number of aromatic nitrogens is 1. The molecule has 1 rings (SSSR count). The first-order valence-electron chi connectivity index (χ1n) is 4.04. The minimum atomic E-state index is -1.21. The number of ether oxygens (including phenoxy) is 1. The number of hydrogen-bond acceptors (Lipinski definition) is 4. The third-order valence-corrected chi connectivity index (χ3v) is 1.72. The van der Waals surface area contributed by atoms with Gasteiger partial charge in [0.1, 0.15) is 17.5 Å². The first-order chi connectivity index (χ1) is 7.08. The zero-order valence-electron chi connectivity index (χ0n) is 8.24. The van der Waals surface area contributed by atoms with E-state index in [2.05, 4.69) is 10.3 Å². The van der Waals surface area contributed by atoms with Gasteiger partial charge >= 0.3 is 6.09 Å². The molecule has 0 aliphatic rings. The maximum absolute atomic E-state index is 10.4. The summed E-state index contributed by atoms with van der Waals surface area (Å²) in [5.41, 5.74) is 0.904. The molecule has 0 spiro atoms. The van der Waals surface area contributed by atoms with E-state index in [0.717, 1.165) is 0 Å². The van der Waals surface area contributed by atoms with Crippen molar-refractivity contribution in [3.05, 3.63) is 17.2 Å². The summed E-state index contributed by atoms with van der Waals surface area (Å²) in [5, 5.41) is 19.4. The van der Waals surface area contributed by atoms with Crippen molar-refractivity contribution in [2.75, 3.05) is 12.4 Å². The molecule has 0 aliphatic heterocycles. The lowest BCUT2D eigenvalue weighted by molar-refractivity contribution is 0.209. The van der Waals surface area contributed by atoms with Gasteiger partial charge in [0.2, 0.25) is 5.88 Å². The zero-order chi connectivity index (χ0) is 11.4. The SMILES string of the molecule is COc1nc(NC(=O)O)cc(C)c1C#N. The van der Waals surface area contributed by atoms with E-state index in [4.69, 9.17) is 15.1 Å². The largest absolute Gasteiger partial charge is 0.480 e. The molecule has 6 heteroatoms. The van der Waals surface area contributed by atoms with Crippen LogP contribution in [0.2, 0.25) is 0 Å². The second-order valence-electron chi connectivity index (χ2n) is 2.75. The summed E-state index contributed by atoms with van der Waals surface area (Å²) in [6.45, 7) is 1.68. The summed E-state index contributed by atoms with van der Waals surface area (Å²) in [6, 6.07) is 3.40. The molecule has 0 fully saturated rings. The first kappa shape index (κ1) is 10.8. The molecule has 0 bridgehead atoms. The highest BCUT2D eigenvalue weighted by Gasteiger charge is 2.11. The van der Waals surface area contributed by atoms with E-state index in [1.54, 1.807) is 6.92 Å². The molecule has 0 radical (unpaired) electrons. The van der Waals surface area contributed by atoms with Crippen LogP contribution in [0.25, 0.3) is 0 Å². The third kappa shape index (κ3) is 2.34. The number of anilines is 1. The van der Waals surface area contributed by atoms with Gasteiger partial charge in [-0.1, -0.05) is 0 Å². The highest BCUT2D eigenvalue weighted by atomic mass is 16.5. The molecule has 0 aliphatic carbocycles. The Balaban J connectivity index is 3.21. The molecule has 78 valence electrons. The van der Waals surface area contributed by atoms with Crippen molar-refractivity contribution in [3.63, 3.8) is 0 Å². The Morgan fingerprint density at radius 3 is 2.87 bits per heavy atom. The molecule has 0 atom stereocenters. The van der Waals surface area contributed by atoms with Crippen LogP contribution in [0.15, 0.2) is 6.07 Å². The van der Waals surface area contributed by atoms with Gasteiger partial charge in [-0.3, -0.25) is 5.32 Å². The molecular formula is C9H9N3O3. The van der Waals surface area contributed by atoms with E-state index in [1.165, 1.54) is 13.2 Å². The Bertz CT molecular complexity index is 437. The molecule has 15 heavy (non-hydrogen) atoms. The van der Waals surface area contributed by atoms with Gasteiger partial charge in [-0.05, 0) is 18.6 Å². The van der Waals surface area contributed by atoms with E-state index >= 15 is 0 Å². The maximum Gasteiger partial charge on any atom is 0.410 e. The summed E-state index contributed by atoms with van der Waals surface area (Å²) in [6.07, 6.45) is -1.21. The second kappa shape index (κ2) is 4.28. The van der Waals surface area contributed by atoms with Crippen LogP contribution in [0, 0.1) is 18.3 Å². The van der Waals surface area contributed by atoms with Crippen LogP contribution in [0.3, 0.4) is 0 Å². The van der Waals surface area contributed by atoms with Crippen LogP contribution in [0.1, 0.15) is 11.1 Å². The second-order valence-corrected chi connectivity index (χ2v) is 2.75. The Kier molecular flexibility index (Phi) is 3.08. The van der Waals surface area contributed by atoms with Crippen LogP contribution in [0.5, 0.6) is 5.88 Å². The minimum Gasteiger partial charge on any atom is -0.480 e. The molecule has 6 nitrogen and oxygen atoms in total. The number of rotatable bonds is 2. The smallest absolute Gasteiger partial charge is 0.410 e. The van der Waals surface area contributed by atoms with Crippen LogP contribution >= 0.6 is 0 Å². The summed E-state index contributed by atoms with van der Waals surface area (Å²) in [5.74, 6) is 0.247. The molecule has 1 aromatic heterocycles. The number of nitriles is 1. The van der Waals surface area contributed by atoms with E-state index in [1.807, 2.05) is 6.07 Å². The van der Waals surface area contributed by atoms with Crippen molar-refractivity contribution in [1.29, 1.82) is 5.26 Å². The molecule has 0 unspecified atom stereocenters. The van der Waals surface area contributed by atoms with Gasteiger partial charge in [0.05, 0.1) is 7.11 Å². The van der Waals surface area contributed by atoms with Gasteiger partial charge in [0, 0.05) is 0 Å². The summed E-state index contributed by atoms with van der Waals surface area (Å²) in [7, 11) is 1.37. The molecular weight excluding hydrogens is 198 g/mol. The highest BCUT2D eigenvalue weighted by Crippen LogP contribution is 2.21. The van der Waals surface area contributed by atoms with Gasteiger partial charge in [0.25, 0.3) is 0 Å². The fourth-order valence-electron chi connectivity index (χ4n) is 1.10. The lowest BCUT2D eigenvalue weighted by Crippen LogP contribution is -2.10. The van der Waals surface area contributed by atoms with Crippen molar-refractivity contribution < 1.29 is 14.6 Å². The van der Waals surface area contributed by atoms with Crippen LogP contribution in [-0.4, -0.2) is 23.3 Å². The number of hydrogen-bond donors (Lipinski definition) is 2. The molecule has 1 heterocycles. The fourth-order valence-corrected chi connectivity index (χ4v) is 1.10. The van der Waals surface area contributed by atoms with Gasteiger partial charge in [-0.25, -0.2) is 4.79 Å². The topological polar surface area (TPSA) is 95.2 Å². The normalized spacial score (nSPS) is 9.13. The van der Waals surface area contributed by atoms with Crippen LogP contribution < -0.4 is 10.1 Å². The number of aryl methyl sites for hydroxylation is 1. The first-order valence-corrected chi connectivity index (χ1v) is 4.04. The van der Waals surface area contributed by atoms with Gasteiger partial charge in [-0.2, -0.15) is 10.2 Å². The standard InChI is InChI=1S/C9H9N3O3/c1-5-3-7(12-9(13)14)11-8(15-2)6(5)4-10/h3H,1-2H3,(H,11,12)(H,13,14). The Morgan fingerprint density at radius 1 is 1.73 bits per heavy atom. The molecule has 0 aromatic carbocycles. The predicted octanol–water partition coefficient (Wildman–Crippen LogP) is 1.36. The van der Waals surface area contributed by atoms with E-state index < -0.39 is 6.09 Å². The van der Waals surface area contributed by atoms with E-state index in [0.29, 0.717) is 11.1 Å². The number of methoxy groups -OCH3 is 1. The molecule has 2 N–H and O–H groups in total. The molecule has 0 saturated carbocycles. The fraction of sp³-hybridized carbons (Fsp3) is 0.222. The maximum atomic E-state index is 10.4. The molecule has 0 saturated heterocycles. The quantitative estimate of drug-likeness (QED) is 0.763. The average Bonchev–Trinajstić information content (AvgIpc) is 2.15. The van der Waals surface area contributed by atoms with Gasteiger partial charge in [-0.15, -0.1) is 0 Å². The van der Waals surface area contributed by atoms with Crippen molar-refractivity contribution in [2.24, 2.45) is 0 Å². The van der Waals surface area contributed by atoms with Crippen LogP contribution in [-0.2, 0) is 0 Å². The number of nitrogens with one attached hydrogen (secondary N) is 1. The summed E-state index contributed by atoms with van der Waals surface area (Å²) < 4.78 is 4.87. The van der Waals surface area contributed by atoms with Crippen molar-refractivity contribution >= 4 is 11.9 Å². The Labute approximate surface area is 86.1 Å². The number of carbonyl (C=O) groups is 1. The predicted molar refractivity (Wildman–Crippen MR) is 51.9 cm³/mol. The van der Waals surface area contributed by atoms with Gasteiger partial charge in [0.15, 0.2) is 0 Å². The molecule has 1 amide bonds. The van der Waals surface area contributed by atoms with E-state index in [9.17, 15) is 4.79 Å². The van der Waals surface area contributed by atoms with Crippen molar-refractivity contribution in [2.45, 2.75) is 6.92 Å². The number of pyridine rings is 1. The van der Waals surface area contributed by atoms with Gasteiger partial charge < -0.3 is 9.84 Å².